The smallest absolute Gasteiger partial charge is 0.142 e. The summed E-state index contributed by atoms with van der Waals surface area (Å²) in [5.74, 6) is 0. The Morgan fingerprint density at radius 1 is 0.773 bits per heavy atom. The van der Waals surface area contributed by atoms with Crippen LogP contribution in [0.2, 0.25) is 0 Å². The van der Waals surface area contributed by atoms with Gasteiger partial charge in [-0.1, -0.05) is 78.0 Å². The monoisotopic (exact) mass is 304 g/mol. The molecule has 1 nitrogen and oxygen atoms in total. The van der Waals surface area contributed by atoms with E-state index >= 15 is 0 Å². The minimum atomic E-state index is -1.09. The number of benzene rings is 3. The average Bonchev–Trinajstić information content (AvgIpc) is 2.55. The molecule has 0 fully saturated rings. The fourth-order valence-corrected chi connectivity index (χ4v) is 4.34. The van der Waals surface area contributed by atoms with E-state index in [4.69, 9.17) is 0 Å². The van der Waals surface area contributed by atoms with Crippen LogP contribution in [0.15, 0.2) is 82.6 Å². The molecule has 1 aliphatic rings. The van der Waals surface area contributed by atoms with Gasteiger partial charge in [0.05, 0.1) is 0 Å². The van der Waals surface area contributed by atoms with Crippen LogP contribution < -0.4 is 0 Å². The van der Waals surface area contributed by atoms with Crippen LogP contribution in [0.25, 0.3) is 0 Å². The Kier molecular flexibility index (Phi) is 3.10. The quantitative estimate of drug-likeness (QED) is 0.700. The second-order valence-electron chi connectivity index (χ2n) is 5.67. The van der Waals surface area contributed by atoms with Gasteiger partial charge in [-0.15, -0.1) is 0 Å². The van der Waals surface area contributed by atoms with Crippen LogP contribution in [0.3, 0.4) is 0 Å². The third-order valence-corrected chi connectivity index (χ3v) is 5.36. The fourth-order valence-electron chi connectivity index (χ4n) is 3.15. The molecule has 0 bridgehead atoms. The van der Waals surface area contributed by atoms with Crippen molar-refractivity contribution in [2.75, 3.05) is 0 Å². The van der Waals surface area contributed by atoms with Gasteiger partial charge >= 0.3 is 0 Å². The molecule has 0 aromatic heterocycles. The summed E-state index contributed by atoms with van der Waals surface area (Å²) < 4.78 is 0. The molecule has 1 heterocycles. The van der Waals surface area contributed by atoms with E-state index in [0.717, 1.165) is 32.0 Å². The first-order valence-electron chi connectivity index (χ1n) is 7.36. The first-order valence-corrected chi connectivity index (χ1v) is 8.17. The molecule has 0 atom stereocenters. The molecule has 0 radical (unpaired) electrons. The lowest BCUT2D eigenvalue weighted by Crippen LogP contribution is -2.32. The molecule has 3 aromatic carbocycles. The molecule has 3 aromatic rings. The van der Waals surface area contributed by atoms with E-state index in [1.165, 1.54) is 0 Å². The maximum absolute atomic E-state index is 11.8. The van der Waals surface area contributed by atoms with Crippen LogP contribution in [0.1, 0.15) is 22.3 Å². The standard InChI is InChI=1S/C20H16OS/c1-14-7-6-8-15(13-14)20(21)16-9-2-4-11-18(16)22-19-12-5-3-10-17(19)20/h2-13,21H,1H3. The minimum Gasteiger partial charge on any atom is -0.376 e. The fraction of sp³-hybridized carbons (Fsp3) is 0.100. The number of hydrogen-bond acceptors (Lipinski definition) is 2. The Bertz CT molecular complexity index is 808. The summed E-state index contributed by atoms with van der Waals surface area (Å²) >= 11 is 1.72. The number of aliphatic hydroxyl groups is 1. The average molecular weight is 304 g/mol. The van der Waals surface area contributed by atoms with Crippen molar-refractivity contribution in [1.82, 2.24) is 0 Å². The van der Waals surface area contributed by atoms with Crippen molar-refractivity contribution >= 4 is 11.8 Å². The Labute approximate surface area is 134 Å². The van der Waals surface area contributed by atoms with Crippen LogP contribution >= 0.6 is 11.8 Å². The lowest BCUT2D eigenvalue weighted by atomic mass is 9.79. The predicted octanol–water partition coefficient (Wildman–Crippen LogP) is 4.74. The molecule has 22 heavy (non-hydrogen) atoms. The second-order valence-corrected chi connectivity index (χ2v) is 6.76. The Morgan fingerprint density at radius 3 is 1.95 bits per heavy atom. The Balaban J connectivity index is 2.06. The summed E-state index contributed by atoms with van der Waals surface area (Å²) in [6.07, 6.45) is 0. The van der Waals surface area contributed by atoms with Gasteiger partial charge in [-0.2, -0.15) is 0 Å². The van der Waals surface area contributed by atoms with Crippen LogP contribution in [0, 0.1) is 6.92 Å². The molecule has 2 heteroatoms. The van der Waals surface area contributed by atoms with Gasteiger partial charge in [0.2, 0.25) is 0 Å². The molecule has 1 aliphatic heterocycles. The van der Waals surface area contributed by atoms with E-state index in [2.05, 4.69) is 31.2 Å². The summed E-state index contributed by atoms with van der Waals surface area (Å²) in [7, 11) is 0. The molecule has 0 saturated heterocycles. The summed E-state index contributed by atoms with van der Waals surface area (Å²) in [6, 6.07) is 24.4. The summed E-state index contributed by atoms with van der Waals surface area (Å²) in [5.41, 5.74) is 2.91. The van der Waals surface area contributed by atoms with Crippen molar-refractivity contribution < 1.29 is 5.11 Å². The molecule has 4 rings (SSSR count). The molecule has 0 spiro atoms. The van der Waals surface area contributed by atoms with E-state index < -0.39 is 5.60 Å². The zero-order valence-corrected chi connectivity index (χ0v) is 13.1. The van der Waals surface area contributed by atoms with Crippen molar-refractivity contribution in [2.24, 2.45) is 0 Å². The maximum atomic E-state index is 11.8. The van der Waals surface area contributed by atoms with Crippen molar-refractivity contribution in [2.45, 2.75) is 22.3 Å². The Hall–Kier alpha value is -2.03. The zero-order chi connectivity index (χ0) is 15.2. The predicted molar refractivity (Wildman–Crippen MR) is 90.3 cm³/mol. The van der Waals surface area contributed by atoms with E-state index in [1.807, 2.05) is 48.5 Å². The van der Waals surface area contributed by atoms with Crippen molar-refractivity contribution in [3.63, 3.8) is 0 Å². The molecule has 0 amide bonds. The lowest BCUT2D eigenvalue weighted by Gasteiger charge is -2.36. The van der Waals surface area contributed by atoms with Gasteiger partial charge in [-0.3, -0.25) is 0 Å². The van der Waals surface area contributed by atoms with Gasteiger partial charge in [0.25, 0.3) is 0 Å². The van der Waals surface area contributed by atoms with Crippen LogP contribution in [-0.2, 0) is 5.60 Å². The molecule has 0 aliphatic carbocycles. The van der Waals surface area contributed by atoms with Crippen molar-refractivity contribution in [3.8, 4) is 0 Å². The zero-order valence-electron chi connectivity index (χ0n) is 12.3. The molecule has 0 unspecified atom stereocenters. The molecular weight excluding hydrogens is 288 g/mol. The highest BCUT2D eigenvalue weighted by molar-refractivity contribution is 7.99. The second kappa shape index (κ2) is 5.01. The molecule has 1 N–H and O–H groups in total. The van der Waals surface area contributed by atoms with Crippen molar-refractivity contribution in [1.29, 1.82) is 0 Å². The number of rotatable bonds is 1. The lowest BCUT2D eigenvalue weighted by molar-refractivity contribution is 0.118. The van der Waals surface area contributed by atoms with Crippen LogP contribution in [-0.4, -0.2) is 5.11 Å². The third kappa shape index (κ3) is 1.92. The van der Waals surface area contributed by atoms with Gasteiger partial charge in [0.1, 0.15) is 5.60 Å². The number of hydrogen-bond donors (Lipinski definition) is 1. The topological polar surface area (TPSA) is 20.2 Å². The number of fused-ring (bicyclic) bond motifs is 2. The van der Waals surface area contributed by atoms with E-state index in [-0.39, 0.29) is 0 Å². The van der Waals surface area contributed by atoms with Gasteiger partial charge in [-0.05, 0) is 24.6 Å². The largest absolute Gasteiger partial charge is 0.376 e. The highest BCUT2D eigenvalue weighted by Gasteiger charge is 2.40. The highest BCUT2D eigenvalue weighted by Crippen LogP contribution is 2.50. The van der Waals surface area contributed by atoms with Crippen LogP contribution in [0.4, 0.5) is 0 Å². The summed E-state index contributed by atoms with van der Waals surface area (Å²) in [4.78, 5) is 2.23. The van der Waals surface area contributed by atoms with Gasteiger partial charge in [-0.25, -0.2) is 0 Å². The van der Waals surface area contributed by atoms with Crippen molar-refractivity contribution in [3.05, 3.63) is 95.1 Å². The summed E-state index contributed by atoms with van der Waals surface area (Å²) in [5, 5.41) is 11.8. The molecular formula is C20H16OS. The SMILES string of the molecule is Cc1cccc(C2(O)c3ccccc3Sc3ccccc32)c1. The first-order chi connectivity index (χ1) is 10.7. The third-order valence-electron chi connectivity index (χ3n) is 4.21. The molecule has 108 valence electrons. The molecule has 0 saturated carbocycles. The number of aryl methyl sites for hydroxylation is 1. The van der Waals surface area contributed by atoms with E-state index in [0.29, 0.717) is 0 Å². The van der Waals surface area contributed by atoms with Gasteiger partial charge < -0.3 is 5.11 Å². The van der Waals surface area contributed by atoms with Crippen LogP contribution in [0.5, 0.6) is 0 Å². The van der Waals surface area contributed by atoms with E-state index in [1.54, 1.807) is 11.8 Å². The van der Waals surface area contributed by atoms with E-state index in [9.17, 15) is 5.11 Å². The van der Waals surface area contributed by atoms with Gasteiger partial charge in [0.15, 0.2) is 0 Å². The highest BCUT2D eigenvalue weighted by atomic mass is 32.2. The first kappa shape index (κ1) is 13.6. The summed E-state index contributed by atoms with van der Waals surface area (Å²) in [6.45, 7) is 2.06. The normalized spacial score (nSPS) is 15.0. The van der Waals surface area contributed by atoms with Gasteiger partial charge in [0, 0.05) is 20.9 Å². The Morgan fingerprint density at radius 2 is 1.36 bits per heavy atom. The minimum absolute atomic E-state index is 0.924. The maximum Gasteiger partial charge on any atom is 0.142 e.